The Morgan fingerprint density at radius 1 is 1.52 bits per heavy atom. The number of carbonyl (C=O) groups is 1. The third-order valence-electron chi connectivity index (χ3n) is 3.20. The summed E-state index contributed by atoms with van der Waals surface area (Å²) in [4.78, 5) is 14.2. The lowest BCUT2D eigenvalue weighted by Crippen LogP contribution is -2.48. The topological polar surface area (TPSA) is 78.6 Å². The molecule has 21 heavy (non-hydrogen) atoms. The summed E-state index contributed by atoms with van der Waals surface area (Å²) in [6, 6.07) is 4.55. The van der Waals surface area contributed by atoms with Gasteiger partial charge in [-0.2, -0.15) is 0 Å². The van der Waals surface area contributed by atoms with E-state index in [9.17, 15) is 9.90 Å². The van der Waals surface area contributed by atoms with Crippen LogP contribution in [0.15, 0.2) is 18.2 Å². The first-order valence-corrected chi connectivity index (χ1v) is 7.34. The third kappa shape index (κ3) is 5.53. The van der Waals surface area contributed by atoms with Gasteiger partial charge in [-0.15, -0.1) is 0 Å². The molecule has 0 saturated heterocycles. The van der Waals surface area contributed by atoms with Crippen LogP contribution in [-0.2, 0) is 4.79 Å². The lowest BCUT2D eigenvalue weighted by atomic mass is 10.1. The number of hydrogen-bond donors (Lipinski definition) is 3. The van der Waals surface area contributed by atoms with Gasteiger partial charge in [0.2, 0.25) is 5.91 Å². The maximum Gasteiger partial charge on any atom is 0.241 e. The predicted octanol–water partition coefficient (Wildman–Crippen LogP) is 2.34. The number of anilines is 2. The standard InChI is InChI=1S/C15H24ClN3O2/c1-5-19(9-15(3,4)21)10(2)14(20)18-13-8-11(16)6-7-12(13)17/h6-8,10,21H,5,9,17H2,1-4H3,(H,18,20). The maximum absolute atomic E-state index is 12.3. The van der Waals surface area contributed by atoms with Crippen LogP contribution in [-0.4, -0.2) is 40.6 Å². The molecule has 0 aliphatic heterocycles. The average molecular weight is 314 g/mol. The van der Waals surface area contributed by atoms with Crippen molar-refractivity contribution >= 4 is 28.9 Å². The minimum absolute atomic E-state index is 0.185. The van der Waals surface area contributed by atoms with Crippen molar-refractivity contribution in [3.63, 3.8) is 0 Å². The van der Waals surface area contributed by atoms with Gasteiger partial charge in [-0.3, -0.25) is 9.69 Å². The smallest absolute Gasteiger partial charge is 0.241 e. The first-order valence-electron chi connectivity index (χ1n) is 6.96. The van der Waals surface area contributed by atoms with Crippen molar-refractivity contribution in [2.45, 2.75) is 39.3 Å². The number of hydrogen-bond acceptors (Lipinski definition) is 4. The number of likely N-dealkylation sites (N-methyl/N-ethyl adjacent to an activating group) is 1. The van der Waals surface area contributed by atoms with E-state index in [1.807, 2.05) is 11.8 Å². The fourth-order valence-electron chi connectivity index (χ4n) is 2.06. The van der Waals surface area contributed by atoms with Crippen molar-refractivity contribution in [3.05, 3.63) is 23.2 Å². The number of nitrogens with one attached hydrogen (secondary N) is 1. The molecule has 0 aliphatic rings. The molecule has 118 valence electrons. The number of amides is 1. The molecule has 1 unspecified atom stereocenters. The van der Waals surface area contributed by atoms with Crippen molar-refractivity contribution in [3.8, 4) is 0 Å². The van der Waals surface area contributed by atoms with E-state index in [1.54, 1.807) is 39.0 Å². The first kappa shape index (κ1) is 17.8. The molecule has 5 nitrogen and oxygen atoms in total. The summed E-state index contributed by atoms with van der Waals surface area (Å²) < 4.78 is 0. The van der Waals surface area contributed by atoms with E-state index in [-0.39, 0.29) is 11.9 Å². The highest BCUT2D eigenvalue weighted by molar-refractivity contribution is 6.31. The molecular weight excluding hydrogens is 290 g/mol. The Labute approximate surface area is 131 Å². The third-order valence-corrected chi connectivity index (χ3v) is 3.43. The monoisotopic (exact) mass is 313 g/mol. The normalized spacial score (nSPS) is 13.3. The van der Waals surface area contributed by atoms with Gasteiger partial charge < -0.3 is 16.2 Å². The van der Waals surface area contributed by atoms with Crippen LogP contribution in [0, 0.1) is 0 Å². The van der Waals surface area contributed by atoms with Crippen molar-refractivity contribution in [2.75, 3.05) is 24.1 Å². The highest BCUT2D eigenvalue weighted by Crippen LogP contribution is 2.23. The molecule has 1 atom stereocenters. The van der Waals surface area contributed by atoms with Crippen LogP contribution in [0.25, 0.3) is 0 Å². The number of nitrogens with zero attached hydrogens (tertiary/aromatic N) is 1. The molecule has 0 aromatic heterocycles. The number of nitrogens with two attached hydrogens (primary N) is 1. The zero-order valence-electron chi connectivity index (χ0n) is 13.0. The predicted molar refractivity (Wildman–Crippen MR) is 87.5 cm³/mol. The van der Waals surface area contributed by atoms with Crippen LogP contribution in [0.2, 0.25) is 5.02 Å². The largest absolute Gasteiger partial charge is 0.397 e. The number of carbonyl (C=O) groups excluding carboxylic acids is 1. The molecule has 1 aromatic carbocycles. The van der Waals surface area contributed by atoms with Gasteiger partial charge >= 0.3 is 0 Å². The molecule has 4 N–H and O–H groups in total. The van der Waals surface area contributed by atoms with E-state index in [4.69, 9.17) is 17.3 Å². The van der Waals surface area contributed by atoms with Crippen LogP contribution in [0.5, 0.6) is 0 Å². The summed E-state index contributed by atoms with van der Waals surface area (Å²) in [6.07, 6.45) is 0. The second kappa shape index (κ2) is 7.11. The quantitative estimate of drug-likeness (QED) is 0.704. The highest BCUT2D eigenvalue weighted by atomic mass is 35.5. The Morgan fingerprint density at radius 3 is 2.67 bits per heavy atom. The van der Waals surface area contributed by atoms with Gasteiger partial charge in [-0.1, -0.05) is 18.5 Å². The summed E-state index contributed by atoms with van der Waals surface area (Å²) in [5.41, 5.74) is 5.92. The van der Waals surface area contributed by atoms with Crippen LogP contribution < -0.4 is 11.1 Å². The summed E-state index contributed by atoms with van der Waals surface area (Å²) >= 11 is 5.91. The second-order valence-electron chi connectivity index (χ2n) is 5.77. The fraction of sp³-hybridized carbons (Fsp3) is 0.533. The Bertz CT molecular complexity index is 500. The molecule has 1 amide bonds. The lowest BCUT2D eigenvalue weighted by molar-refractivity contribution is -0.121. The van der Waals surface area contributed by atoms with Crippen molar-refractivity contribution in [2.24, 2.45) is 0 Å². The van der Waals surface area contributed by atoms with Gasteiger partial charge in [0.15, 0.2) is 0 Å². The maximum atomic E-state index is 12.3. The summed E-state index contributed by atoms with van der Waals surface area (Å²) in [5.74, 6) is -0.185. The second-order valence-corrected chi connectivity index (χ2v) is 6.21. The zero-order chi connectivity index (χ0) is 16.2. The van der Waals surface area contributed by atoms with E-state index in [1.165, 1.54) is 0 Å². The number of rotatable bonds is 6. The Hall–Kier alpha value is -1.30. The van der Waals surface area contributed by atoms with Crippen LogP contribution in [0.4, 0.5) is 11.4 Å². The molecule has 1 aromatic rings. The highest BCUT2D eigenvalue weighted by Gasteiger charge is 2.25. The molecule has 0 radical (unpaired) electrons. The Balaban J connectivity index is 2.79. The molecule has 1 rings (SSSR count). The molecular formula is C15H24ClN3O2. The van der Waals surface area contributed by atoms with Crippen LogP contribution in [0.3, 0.4) is 0 Å². The Morgan fingerprint density at radius 2 is 2.14 bits per heavy atom. The molecule has 0 heterocycles. The summed E-state index contributed by atoms with van der Waals surface area (Å²) in [6.45, 7) is 8.24. The van der Waals surface area contributed by atoms with Gasteiger partial charge in [0.05, 0.1) is 23.0 Å². The van der Waals surface area contributed by atoms with Crippen molar-refractivity contribution in [1.82, 2.24) is 4.90 Å². The van der Waals surface area contributed by atoms with Crippen molar-refractivity contribution < 1.29 is 9.90 Å². The molecule has 0 aliphatic carbocycles. The first-order chi connectivity index (χ1) is 9.64. The number of benzene rings is 1. The van der Waals surface area contributed by atoms with Gasteiger partial charge in [0, 0.05) is 11.6 Å². The van der Waals surface area contributed by atoms with Crippen LogP contribution in [0.1, 0.15) is 27.7 Å². The summed E-state index contributed by atoms with van der Waals surface area (Å²) in [7, 11) is 0. The lowest BCUT2D eigenvalue weighted by Gasteiger charge is -2.32. The number of aliphatic hydroxyl groups is 1. The SMILES string of the molecule is CCN(CC(C)(C)O)C(C)C(=O)Nc1cc(Cl)ccc1N. The zero-order valence-corrected chi connectivity index (χ0v) is 13.7. The van der Waals surface area contributed by atoms with E-state index >= 15 is 0 Å². The molecule has 0 bridgehead atoms. The minimum atomic E-state index is -0.861. The van der Waals surface area contributed by atoms with E-state index in [0.717, 1.165) is 0 Å². The molecule has 0 saturated carbocycles. The average Bonchev–Trinajstić information content (AvgIpc) is 2.38. The van der Waals surface area contributed by atoms with E-state index < -0.39 is 5.60 Å². The molecule has 0 fully saturated rings. The van der Waals surface area contributed by atoms with E-state index in [0.29, 0.717) is 29.5 Å². The van der Waals surface area contributed by atoms with Crippen molar-refractivity contribution in [1.29, 1.82) is 0 Å². The number of halogens is 1. The van der Waals surface area contributed by atoms with E-state index in [2.05, 4.69) is 5.32 Å². The molecule has 0 spiro atoms. The number of nitrogen functional groups attached to an aromatic ring is 1. The van der Waals surface area contributed by atoms with Gasteiger partial charge in [0.1, 0.15) is 0 Å². The molecule has 6 heteroatoms. The van der Waals surface area contributed by atoms with Gasteiger partial charge in [-0.05, 0) is 45.5 Å². The van der Waals surface area contributed by atoms with Gasteiger partial charge in [-0.25, -0.2) is 0 Å². The minimum Gasteiger partial charge on any atom is -0.397 e. The fourth-order valence-corrected chi connectivity index (χ4v) is 2.23. The Kier molecular flexibility index (Phi) is 6.01. The van der Waals surface area contributed by atoms with Gasteiger partial charge in [0.25, 0.3) is 0 Å². The van der Waals surface area contributed by atoms with Crippen LogP contribution >= 0.6 is 11.6 Å². The summed E-state index contributed by atoms with van der Waals surface area (Å²) in [5, 5.41) is 13.2.